The predicted molar refractivity (Wildman–Crippen MR) is 94.8 cm³/mol. The number of aromatic hydroxyl groups is 1. The van der Waals surface area contributed by atoms with E-state index in [-0.39, 0.29) is 29.5 Å². The molecule has 8 heteroatoms. The smallest absolute Gasteiger partial charge is 0.268 e. The molecule has 0 radical (unpaired) electrons. The summed E-state index contributed by atoms with van der Waals surface area (Å²) >= 11 is 0. The number of hydrogen-bond donors (Lipinski definition) is 1. The second-order valence-electron chi connectivity index (χ2n) is 6.33. The molecule has 1 amide bonds. The molecule has 1 aromatic carbocycles. The van der Waals surface area contributed by atoms with Crippen LogP contribution in [0.4, 0.5) is 5.69 Å². The van der Waals surface area contributed by atoms with Gasteiger partial charge >= 0.3 is 0 Å². The number of azo groups is 1. The van der Waals surface area contributed by atoms with Gasteiger partial charge in [0, 0.05) is 11.9 Å². The molecule has 1 aromatic heterocycles. The minimum atomic E-state index is -3.15. The topological polar surface area (TPSA) is 101 Å². The van der Waals surface area contributed by atoms with Crippen molar-refractivity contribution in [3.05, 3.63) is 24.3 Å². The van der Waals surface area contributed by atoms with Gasteiger partial charge in [-0.25, -0.2) is 8.42 Å². The normalized spacial score (nSPS) is 19.8. The fraction of sp³-hybridized carbons (Fsp3) is 0.471. The number of para-hydroxylation sites is 1. The highest BCUT2D eigenvalue weighted by Crippen LogP contribution is 2.39. The van der Waals surface area contributed by atoms with E-state index in [0.717, 1.165) is 18.4 Å². The third-order valence-corrected chi connectivity index (χ3v) is 6.25. The summed E-state index contributed by atoms with van der Waals surface area (Å²) in [6.07, 6.45) is 2.17. The molecule has 2 heterocycles. The van der Waals surface area contributed by atoms with E-state index in [1.807, 2.05) is 24.3 Å². The lowest BCUT2D eigenvalue weighted by Crippen LogP contribution is -2.13. The van der Waals surface area contributed by atoms with Crippen molar-refractivity contribution < 1.29 is 18.3 Å². The van der Waals surface area contributed by atoms with Crippen LogP contribution in [0.25, 0.3) is 10.9 Å². The van der Waals surface area contributed by atoms with Gasteiger partial charge in [-0.1, -0.05) is 31.5 Å². The van der Waals surface area contributed by atoms with Crippen molar-refractivity contribution in [2.45, 2.75) is 32.7 Å². The Morgan fingerprint density at radius 3 is 2.80 bits per heavy atom. The molecular weight excluding hydrogens is 342 g/mol. The van der Waals surface area contributed by atoms with Crippen molar-refractivity contribution in [3.63, 3.8) is 0 Å². The predicted octanol–water partition coefficient (Wildman–Crippen LogP) is 3.19. The van der Waals surface area contributed by atoms with Crippen molar-refractivity contribution in [2.75, 3.05) is 11.5 Å². The summed E-state index contributed by atoms with van der Waals surface area (Å²) in [7, 11) is -3.15. The number of benzene rings is 1. The number of hydrogen-bond acceptors (Lipinski definition) is 5. The van der Waals surface area contributed by atoms with Gasteiger partial charge in [0.15, 0.2) is 15.5 Å². The van der Waals surface area contributed by atoms with Crippen molar-refractivity contribution in [1.82, 2.24) is 4.57 Å². The van der Waals surface area contributed by atoms with Gasteiger partial charge in [0.2, 0.25) is 5.88 Å². The molecule has 1 N–H and O–H groups in total. The number of unbranched alkanes of at least 4 members (excludes halogenated alkanes) is 1. The number of aromatic nitrogens is 1. The first kappa shape index (κ1) is 17.6. The van der Waals surface area contributed by atoms with Crippen LogP contribution < -0.4 is 0 Å². The van der Waals surface area contributed by atoms with Gasteiger partial charge in [-0.2, -0.15) is 0 Å². The molecule has 1 saturated heterocycles. The average Bonchev–Trinajstić information content (AvgIpc) is 3.08. The van der Waals surface area contributed by atoms with Crippen molar-refractivity contribution >= 4 is 32.3 Å². The monoisotopic (exact) mass is 363 g/mol. The maximum atomic E-state index is 12.1. The summed E-state index contributed by atoms with van der Waals surface area (Å²) in [5, 5.41) is 18.9. The number of amides is 1. The van der Waals surface area contributed by atoms with E-state index in [4.69, 9.17) is 0 Å². The van der Waals surface area contributed by atoms with E-state index in [2.05, 4.69) is 17.2 Å². The first-order valence-electron chi connectivity index (χ1n) is 8.39. The standard InChI is InChI=1S/C17H21N3O4S/c1-2-3-9-20-14-7-5-4-6-13(14)15(17(20)22)18-19-16(21)12-8-10-25(23,24)11-12/h4-7,12,22H,2-3,8-11H2,1H3/t12-/m0/s1. The molecule has 0 bridgehead atoms. The molecule has 0 unspecified atom stereocenters. The summed E-state index contributed by atoms with van der Waals surface area (Å²) in [5.41, 5.74) is 1.08. The number of rotatable bonds is 5. The van der Waals surface area contributed by atoms with Crippen LogP contribution in [0.5, 0.6) is 5.88 Å². The lowest BCUT2D eigenvalue weighted by molar-refractivity contribution is -0.121. The van der Waals surface area contributed by atoms with Crippen LogP contribution in [0.3, 0.4) is 0 Å². The van der Waals surface area contributed by atoms with E-state index < -0.39 is 21.7 Å². The number of sulfone groups is 1. The van der Waals surface area contributed by atoms with Gasteiger partial charge < -0.3 is 9.67 Å². The minimum absolute atomic E-state index is 0.0144. The molecule has 25 heavy (non-hydrogen) atoms. The Morgan fingerprint density at radius 2 is 2.12 bits per heavy atom. The fourth-order valence-corrected chi connectivity index (χ4v) is 4.82. The van der Waals surface area contributed by atoms with Crippen molar-refractivity contribution in [3.8, 4) is 5.88 Å². The van der Waals surface area contributed by atoms with Crippen LogP contribution in [-0.4, -0.2) is 35.5 Å². The van der Waals surface area contributed by atoms with Gasteiger partial charge in [-0.3, -0.25) is 4.79 Å². The molecule has 1 aliphatic heterocycles. The zero-order valence-electron chi connectivity index (χ0n) is 14.1. The molecule has 0 spiro atoms. The van der Waals surface area contributed by atoms with Gasteiger partial charge in [0.25, 0.3) is 5.91 Å². The first-order valence-corrected chi connectivity index (χ1v) is 10.2. The summed E-state index contributed by atoms with van der Waals surface area (Å²) in [6, 6.07) is 7.40. The van der Waals surface area contributed by atoms with E-state index in [0.29, 0.717) is 11.9 Å². The van der Waals surface area contributed by atoms with Gasteiger partial charge in [0.1, 0.15) is 0 Å². The van der Waals surface area contributed by atoms with Gasteiger partial charge in [0.05, 0.1) is 22.9 Å². The molecular formula is C17H21N3O4S. The third-order valence-electron chi connectivity index (χ3n) is 4.48. The van der Waals surface area contributed by atoms with E-state index >= 15 is 0 Å². The van der Waals surface area contributed by atoms with Gasteiger partial charge in [-0.05, 0) is 18.9 Å². The lowest BCUT2D eigenvalue weighted by Gasteiger charge is -2.05. The maximum absolute atomic E-state index is 12.1. The Balaban J connectivity index is 1.91. The molecule has 1 aliphatic rings. The molecule has 1 fully saturated rings. The quantitative estimate of drug-likeness (QED) is 0.824. The number of nitrogens with zero attached hydrogens (tertiary/aromatic N) is 3. The van der Waals surface area contributed by atoms with Crippen LogP contribution in [0.1, 0.15) is 26.2 Å². The first-order chi connectivity index (χ1) is 11.9. The van der Waals surface area contributed by atoms with Crippen LogP contribution in [0.15, 0.2) is 34.5 Å². The van der Waals surface area contributed by atoms with E-state index in [1.165, 1.54) is 0 Å². The minimum Gasteiger partial charge on any atom is -0.493 e. The summed E-state index contributed by atoms with van der Waals surface area (Å²) in [5.74, 6) is -1.37. The molecule has 0 saturated carbocycles. The van der Waals surface area contributed by atoms with E-state index in [9.17, 15) is 18.3 Å². The Bertz CT molecular complexity index is 931. The molecule has 3 rings (SSSR count). The van der Waals surface area contributed by atoms with Crippen LogP contribution >= 0.6 is 0 Å². The van der Waals surface area contributed by atoms with Crippen LogP contribution in [0, 0.1) is 5.92 Å². The van der Waals surface area contributed by atoms with E-state index in [1.54, 1.807) is 4.57 Å². The number of carbonyl (C=O) groups is 1. The molecule has 134 valence electrons. The molecule has 0 aliphatic carbocycles. The number of carbonyl (C=O) groups excluding carboxylic acids is 1. The summed E-state index contributed by atoms with van der Waals surface area (Å²) in [4.78, 5) is 12.1. The SMILES string of the molecule is CCCCn1c(O)c(N=NC(=O)[C@H]2CCS(=O)(=O)C2)c2ccccc21. The van der Waals surface area contributed by atoms with Crippen LogP contribution in [0.2, 0.25) is 0 Å². The van der Waals surface area contributed by atoms with Crippen molar-refractivity contribution in [2.24, 2.45) is 16.1 Å². The molecule has 7 nitrogen and oxygen atoms in total. The van der Waals surface area contributed by atoms with Crippen molar-refractivity contribution in [1.29, 1.82) is 0 Å². The third kappa shape index (κ3) is 3.58. The Labute approximate surface area is 146 Å². The van der Waals surface area contributed by atoms with Gasteiger partial charge in [-0.15, -0.1) is 10.2 Å². The zero-order valence-corrected chi connectivity index (χ0v) is 14.9. The number of fused-ring (bicyclic) bond motifs is 1. The molecule has 1 atom stereocenters. The van der Waals surface area contributed by atoms with Crippen LogP contribution in [-0.2, 0) is 21.2 Å². The highest BCUT2D eigenvalue weighted by Gasteiger charge is 2.33. The highest BCUT2D eigenvalue weighted by atomic mass is 32.2. The summed E-state index contributed by atoms with van der Waals surface area (Å²) < 4.78 is 24.7. The second-order valence-corrected chi connectivity index (χ2v) is 8.56. The highest BCUT2D eigenvalue weighted by molar-refractivity contribution is 7.91. The maximum Gasteiger partial charge on any atom is 0.268 e. The molecule has 2 aromatic rings. The zero-order chi connectivity index (χ0) is 18.0. The Kier molecular flexibility index (Phi) is 4.89. The fourth-order valence-electron chi connectivity index (χ4n) is 3.08. The number of aryl methyl sites for hydroxylation is 1. The lowest BCUT2D eigenvalue weighted by atomic mass is 10.1. The Hall–Kier alpha value is -2.22. The Morgan fingerprint density at radius 1 is 1.36 bits per heavy atom. The largest absolute Gasteiger partial charge is 0.493 e. The second kappa shape index (κ2) is 6.95. The average molecular weight is 363 g/mol. The summed E-state index contributed by atoms with van der Waals surface area (Å²) in [6.45, 7) is 2.71.